The summed E-state index contributed by atoms with van der Waals surface area (Å²) in [5.74, 6) is -4.60. The van der Waals surface area contributed by atoms with Gasteiger partial charge in [-0.2, -0.15) is 13.5 Å². The van der Waals surface area contributed by atoms with Gasteiger partial charge in [0, 0.05) is 31.6 Å². The number of aromatic nitrogens is 1. The van der Waals surface area contributed by atoms with Gasteiger partial charge in [-0.25, -0.2) is 4.98 Å². The lowest BCUT2D eigenvalue weighted by atomic mass is 10.00. The van der Waals surface area contributed by atoms with Crippen molar-refractivity contribution in [3.8, 4) is 5.75 Å². The molecule has 0 aliphatic carbocycles. The molecular formula is C57H75N11O12S. The Labute approximate surface area is 472 Å². The van der Waals surface area contributed by atoms with Crippen molar-refractivity contribution in [2.24, 2.45) is 16.9 Å². The van der Waals surface area contributed by atoms with Crippen LogP contribution in [0, 0.1) is 11.8 Å². The molecule has 24 heteroatoms. The van der Waals surface area contributed by atoms with E-state index in [1.54, 1.807) is 30.3 Å². The summed E-state index contributed by atoms with van der Waals surface area (Å²) in [7, 11) is -4.51. The van der Waals surface area contributed by atoms with Crippen LogP contribution < -0.4 is 47.6 Å². The van der Waals surface area contributed by atoms with Crippen LogP contribution >= 0.6 is 0 Å². The number of carbonyl (C=O) groups excluding carboxylic acids is 8. The Morgan fingerprint density at radius 3 is 1.99 bits per heavy atom. The summed E-state index contributed by atoms with van der Waals surface area (Å²) >= 11 is 0. The number of ether oxygens (including phenoxy) is 1. The van der Waals surface area contributed by atoms with Gasteiger partial charge in [0.2, 0.25) is 35.4 Å². The Hall–Kier alpha value is -8.25. The molecule has 23 nitrogen and oxygen atoms in total. The molecule has 436 valence electrons. The van der Waals surface area contributed by atoms with Gasteiger partial charge in [-0.3, -0.25) is 59.2 Å². The van der Waals surface area contributed by atoms with E-state index in [-0.39, 0.29) is 65.3 Å². The molecule has 5 rings (SSSR count). The minimum atomic E-state index is -4.51. The van der Waals surface area contributed by atoms with Gasteiger partial charge in [-0.1, -0.05) is 88.4 Å². The molecule has 1 aliphatic rings. The molecule has 2 heterocycles. The van der Waals surface area contributed by atoms with Crippen LogP contribution in [0.5, 0.6) is 5.75 Å². The van der Waals surface area contributed by atoms with E-state index in [0.29, 0.717) is 37.1 Å². The number of hydrazine groups is 1. The molecule has 5 atom stereocenters. The van der Waals surface area contributed by atoms with Crippen LogP contribution in [0.1, 0.15) is 115 Å². The molecular weight excluding hydrogens is 1060 g/mol. The SMILES string of the molecule is CC(=O)N1CCC[C@H]1C(=O)N[C@@H](CC(C)C)C(=O)NCC(=O)N[C@@H](CCc1ccccc1)C(=O)N[C@@H](Cc1ccc(OC(C)(C)C)cc1)C(=O)N[C@@H](CC(C)C)C(=O)NNC(=O)c1ccc(N/N=C/c2ccccc2S(=O)(=O)O)nc1. The zero-order chi connectivity index (χ0) is 59.4. The Morgan fingerprint density at radius 2 is 1.37 bits per heavy atom. The fraction of sp³-hybridized carbons (Fsp3) is 0.439. The van der Waals surface area contributed by atoms with E-state index >= 15 is 0 Å². The van der Waals surface area contributed by atoms with Gasteiger partial charge in [0.1, 0.15) is 52.3 Å². The first-order valence-corrected chi connectivity index (χ1v) is 28.2. The Bertz CT molecular complexity index is 2970. The number of anilines is 1. The van der Waals surface area contributed by atoms with E-state index in [0.717, 1.165) is 5.56 Å². The summed E-state index contributed by atoms with van der Waals surface area (Å²) in [6.07, 6.45) is 4.10. The van der Waals surface area contributed by atoms with Crippen molar-refractivity contribution >= 4 is 69.4 Å². The first kappa shape index (κ1) is 63.6. The third-order valence-corrected chi connectivity index (χ3v) is 13.5. The van der Waals surface area contributed by atoms with Crippen LogP contribution in [-0.2, 0) is 56.5 Å². The lowest BCUT2D eigenvalue weighted by Crippen LogP contribution is -2.59. The van der Waals surface area contributed by atoms with E-state index in [4.69, 9.17) is 4.74 Å². The molecule has 0 unspecified atom stereocenters. The van der Waals surface area contributed by atoms with Crippen molar-refractivity contribution in [2.45, 2.75) is 141 Å². The smallest absolute Gasteiger partial charge is 0.295 e. The standard InChI is InChI=1S/C57H75N11O12S/c1-35(2)29-44(64-56(76)47-18-14-28-68(47)37(5)69)52(72)59-34-50(70)61-43(26-22-38-15-10-9-11-16-38)53(73)63-46(31-39-20-24-42(25-21-39)80-57(6,7)8)54(74)62-45(30-36(3)4)55(75)67-66-51(71)41-23-27-49(58-32-41)65-60-33-40-17-12-13-19-48(40)81(77,78)79/h9-13,15-17,19-21,23-25,27,32-33,35-36,43-47H,14,18,22,26,28-31,34H2,1-8H3,(H,58,65)(H,59,72)(H,61,70)(H,62,74)(H,63,73)(H,64,76)(H,66,71)(H,67,75)(H,77,78,79)/b60-33+/t43-,44-,45-,46-,47-/m0/s1. The van der Waals surface area contributed by atoms with E-state index < -0.39 is 93.8 Å². The number of nitrogens with one attached hydrogen (secondary N) is 8. The van der Waals surface area contributed by atoms with E-state index in [1.165, 1.54) is 54.6 Å². The molecule has 1 fully saturated rings. The van der Waals surface area contributed by atoms with Gasteiger partial charge in [0.05, 0.1) is 18.3 Å². The van der Waals surface area contributed by atoms with Gasteiger partial charge in [-0.05, 0) is 113 Å². The number of nitrogens with zero attached hydrogens (tertiary/aromatic N) is 3. The lowest BCUT2D eigenvalue weighted by molar-refractivity contribution is -0.138. The number of rotatable bonds is 26. The summed E-state index contributed by atoms with van der Waals surface area (Å²) in [6, 6.07) is 19.0. The minimum Gasteiger partial charge on any atom is -0.488 e. The average molecular weight is 1140 g/mol. The second-order valence-electron chi connectivity index (χ2n) is 21.5. The number of pyridine rings is 1. The normalized spacial score (nSPS) is 15.0. The topological polar surface area (TPSA) is 325 Å². The molecule has 8 amide bonds. The molecule has 0 bridgehead atoms. The van der Waals surface area contributed by atoms with Crippen molar-refractivity contribution in [1.82, 2.24) is 47.3 Å². The second-order valence-corrected chi connectivity index (χ2v) is 22.9. The highest BCUT2D eigenvalue weighted by molar-refractivity contribution is 7.86. The third-order valence-electron chi connectivity index (χ3n) is 12.6. The summed E-state index contributed by atoms with van der Waals surface area (Å²) < 4.78 is 38.9. The number of hydrogen-bond acceptors (Lipinski definition) is 14. The monoisotopic (exact) mass is 1140 g/mol. The summed E-state index contributed by atoms with van der Waals surface area (Å²) in [6.45, 7) is 14.3. The number of carbonyl (C=O) groups is 8. The van der Waals surface area contributed by atoms with Crippen LogP contribution in [0.25, 0.3) is 0 Å². The Kier molecular flexibility index (Phi) is 23.4. The fourth-order valence-corrected chi connectivity index (χ4v) is 9.42. The highest BCUT2D eigenvalue weighted by Gasteiger charge is 2.35. The van der Waals surface area contributed by atoms with Gasteiger partial charge in [0.15, 0.2) is 0 Å². The van der Waals surface area contributed by atoms with Crippen molar-refractivity contribution in [1.29, 1.82) is 0 Å². The number of hydrogen-bond donors (Lipinski definition) is 9. The van der Waals surface area contributed by atoms with Gasteiger partial charge >= 0.3 is 0 Å². The number of benzene rings is 3. The number of hydrazone groups is 1. The summed E-state index contributed by atoms with van der Waals surface area (Å²) in [4.78, 5) is 114. The molecule has 0 radical (unpaired) electrons. The molecule has 1 aromatic heterocycles. The molecule has 4 aromatic rings. The fourth-order valence-electron chi connectivity index (χ4n) is 8.75. The highest BCUT2D eigenvalue weighted by Crippen LogP contribution is 2.21. The van der Waals surface area contributed by atoms with Gasteiger partial charge in [0.25, 0.3) is 21.9 Å². The largest absolute Gasteiger partial charge is 0.488 e. The molecule has 0 spiro atoms. The Balaban J connectivity index is 1.30. The number of amides is 8. The predicted octanol–water partition coefficient (Wildman–Crippen LogP) is 3.75. The maximum Gasteiger partial charge on any atom is 0.295 e. The zero-order valence-corrected chi connectivity index (χ0v) is 47.7. The van der Waals surface area contributed by atoms with Crippen molar-refractivity contribution < 1.29 is 56.1 Å². The van der Waals surface area contributed by atoms with Crippen molar-refractivity contribution in [3.05, 3.63) is 119 Å². The average Bonchev–Trinajstić information content (AvgIpc) is 3.92. The molecule has 9 N–H and O–H groups in total. The van der Waals surface area contributed by atoms with Crippen molar-refractivity contribution in [2.75, 3.05) is 18.5 Å². The highest BCUT2D eigenvalue weighted by atomic mass is 32.2. The van der Waals surface area contributed by atoms with E-state index in [2.05, 4.69) is 52.9 Å². The second kappa shape index (κ2) is 29.8. The van der Waals surface area contributed by atoms with E-state index in [9.17, 15) is 51.3 Å². The minimum absolute atomic E-state index is 0.0191. The number of aryl methyl sites for hydroxylation is 1. The van der Waals surface area contributed by atoms with Crippen LogP contribution in [0.15, 0.2) is 107 Å². The molecule has 1 saturated heterocycles. The first-order valence-electron chi connectivity index (χ1n) is 26.7. The molecule has 3 aromatic carbocycles. The zero-order valence-electron chi connectivity index (χ0n) is 46.9. The Morgan fingerprint density at radius 1 is 0.741 bits per heavy atom. The lowest BCUT2D eigenvalue weighted by Gasteiger charge is -2.27. The van der Waals surface area contributed by atoms with Crippen LogP contribution in [0.4, 0.5) is 5.82 Å². The maximum atomic E-state index is 14.5. The number of likely N-dealkylation sites (tertiary alicyclic amines) is 1. The van der Waals surface area contributed by atoms with Gasteiger partial charge < -0.3 is 36.2 Å². The van der Waals surface area contributed by atoms with Crippen molar-refractivity contribution in [3.63, 3.8) is 0 Å². The summed E-state index contributed by atoms with van der Waals surface area (Å²) in [5.41, 5.74) is 8.38. The first-order chi connectivity index (χ1) is 38.3. The molecule has 0 saturated carbocycles. The molecule has 81 heavy (non-hydrogen) atoms. The quantitative estimate of drug-likeness (QED) is 0.0246. The third kappa shape index (κ3) is 21.1. The van der Waals surface area contributed by atoms with Crippen LogP contribution in [0.3, 0.4) is 0 Å². The van der Waals surface area contributed by atoms with E-state index in [1.807, 2.05) is 78.8 Å². The maximum absolute atomic E-state index is 14.5. The molecule has 1 aliphatic heterocycles. The van der Waals surface area contributed by atoms with Crippen LogP contribution in [-0.4, -0.2) is 125 Å². The van der Waals surface area contributed by atoms with Gasteiger partial charge in [-0.15, -0.1) is 0 Å². The summed E-state index contributed by atoms with van der Waals surface area (Å²) in [5, 5.41) is 17.6. The van der Waals surface area contributed by atoms with Crippen LogP contribution in [0.2, 0.25) is 0 Å². The predicted molar refractivity (Wildman–Crippen MR) is 303 cm³/mol.